The van der Waals surface area contributed by atoms with Crippen LogP contribution in [0.25, 0.3) is 11.0 Å². The molecule has 2 rings (SSSR count). The second-order valence-electron chi connectivity index (χ2n) is 2.01. The van der Waals surface area contributed by atoms with Crippen molar-refractivity contribution in [3.05, 3.63) is 35.1 Å². The van der Waals surface area contributed by atoms with Gasteiger partial charge in [-0.2, -0.15) is 4.98 Å². The van der Waals surface area contributed by atoms with E-state index in [0.717, 1.165) is 6.39 Å². The average Bonchev–Trinajstić information content (AvgIpc) is 2.06. The maximum Gasteiger partial charge on any atom is 0.348 e. The van der Waals surface area contributed by atoms with Gasteiger partial charge < -0.3 is 4.42 Å². The zero-order valence-corrected chi connectivity index (χ0v) is 5.52. The Morgan fingerprint density at radius 3 is 3.09 bits per heavy atom. The van der Waals surface area contributed by atoms with Gasteiger partial charge in [0.25, 0.3) is 0 Å². The Morgan fingerprint density at radius 1 is 1.36 bits per heavy atom. The Hall–Kier alpha value is -1.71. The van der Waals surface area contributed by atoms with Gasteiger partial charge >= 0.3 is 5.63 Å². The summed E-state index contributed by atoms with van der Waals surface area (Å²) in [4.78, 5) is 18.6. The molecule has 11 heavy (non-hydrogen) atoms. The average molecular weight is 148 g/mol. The highest BCUT2D eigenvalue weighted by Crippen LogP contribution is 1.99. The van der Waals surface area contributed by atoms with Gasteiger partial charge in [-0.25, -0.2) is 9.78 Å². The topological polar surface area (TPSA) is 56.0 Å². The third kappa shape index (κ3) is 0.881. The van der Waals surface area contributed by atoms with Crippen molar-refractivity contribution in [1.29, 1.82) is 0 Å². The van der Waals surface area contributed by atoms with Crippen molar-refractivity contribution in [3.8, 4) is 0 Å². The standard InChI is InChI=1S/C7H4N2O2/c10-7-5-2-1-3-8-6(5)9-4-11-7/h1-4H. The molecule has 0 atom stereocenters. The molecule has 2 aromatic heterocycles. The highest BCUT2D eigenvalue weighted by molar-refractivity contribution is 5.71. The smallest absolute Gasteiger partial charge is 0.348 e. The summed E-state index contributed by atoms with van der Waals surface area (Å²) in [6.45, 7) is 0. The number of pyridine rings is 1. The van der Waals surface area contributed by atoms with E-state index >= 15 is 0 Å². The van der Waals surface area contributed by atoms with Crippen molar-refractivity contribution in [1.82, 2.24) is 9.97 Å². The molecule has 0 bridgehead atoms. The van der Waals surface area contributed by atoms with Gasteiger partial charge in [-0.15, -0.1) is 0 Å². The van der Waals surface area contributed by atoms with Gasteiger partial charge in [0.1, 0.15) is 5.39 Å². The van der Waals surface area contributed by atoms with Crippen LogP contribution in [-0.4, -0.2) is 9.97 Å². The Bertz CT molecular complexity index is 430. The summed E-state index contributed by atoms with van der Waals surface area (Å²) in [5.74, 6) is 0. The predicted molar refractivity (Wildman–Crippen MR) is 38.1 cm³/mol. The fourth-order valence-corrected chi connectivity index (χ4v) is 0.847. The molecule has 2 heterocycles. The van der Waals surface area contributed by atoms with E-state index in [2.05, 4.69) is 14.4 Å². The molecule has 0 saturated heterocycles. The number of fused-ring (bicyclic) bond motifs is 1. The lowest BCUT2D eigenvalue weighted by Crippen LogP contribution is -2.00. The van der Waals surface area contributed by atoms with E-state index in [0.29, 0.717) is 11.0 Å². The molecule has 54 valence electrons. The summed E-state index contributed by atoms with van der Waals surface area (Å²) < 4.78 is 4.53. The quantitative estimate of drug-likeness (QED) is 0.548. The molecule has 0 aliphatic carbocycles. The zero-order valence-electron chi connectivity index (χ0n) is 5.52. The lowest BCUT2D eigenvalue weighted by molar-refractivity contribution is 0.500. The number of rotatable bonds is 0. The minimum absolute atomic E-state index is 0.400. The van der Waals surface area contributed by atoms with Crippen LogP contribution in [0.4, 0.5) is 0 Å². The summed E-state index contributed by atoms with van der Waals surface area (Å²) in [7, 11) is 0. The second kappa shape index (κ2) is 2.16. The number of hydrogen-bond acceptors (Lipinski definition) is 4. The zero-order chi connectivity index (χ0) is 7.68. The lowest BCUT2D eigenvalue weighted by Gasteiger charge is -1.89. The molecule has 0 aliphatic rings. The van der Waals surface area contributed by atoms with E-state index in [1.165, 1.54) is 0 Å². The highest BCUT2D eigenvalue weighted by Gasteiger charge is 1.97. The third-order valence-electron chi connectivity index (χ3n) is 1.34. The summed E-state index contributed by atoms with van der Waals surface area (Å²) in [5, 5.41) is 0.412. The van der Waals surface area contributed by atoms with Crippen molar-refractivity contribution in [2.24, 2.45) is 0 Å². The van der Waals surface area contributed by atoms with Crippen LogP contribution in [0.3, 0.4) is 0 Å². The van der Waals surface area contributed by atoms with Gasteiger partial charge in [-0.05, 0) is 12.1 Å². The van der Waals surface area contributed by atoms with Gasteiger partial charge in [0.05, 0.1) is 0 Å². The monoisotopic (exact) mass is 148 g/mol. The summed E-state index contributed by atoms with van der Waals surface area (Å²) in [6, 6.07) is 3.29. The summed E-state index contributed by atoms with van der Waals surface area (Å²) in [6.07, 6.45) is 2.67. The Balaban J connectivity index is 3.03. The van der Waals surface area contributed by atoms with Gasteiger partial charge in [0.2, 0.25) is 0 Å². The first-order valence-corrected chi connectivity index (χ1v) is 3.06. The molecule has 4 heteroatoms. The molecule has 4 nitrogen and oxygen atoms in total. The van der Waals surface area contributed by atoms with Gasteiger partial charge in [-0.1, -0.05) is 0 Å². The maximum atomic E-state index is 10.9. The first-order chi connectivity index (χ1) is 5.38. The van der Waals surface area contributed by atoms with E-state index in [-0.39, 0.29) is 0 Å². The molecule has 0 spiro atoms. The van der Waals surface area contributed by atoms with Crippen LogP contribution in [0.15, 0.2) is 33.9 Å². The van der Waals surface area contributed by atoms with Crippen LogP contribution in [0.5, 0.6) is 0 Å². The van der Waals surface area contributed by atoms with E-state index < -0.39 is 5.63 Å². The lowest BCUT2D eigenvalue weighted by atomic mass is 10.3. The fraction of sp³-hybridized carbons (Fsp3) is 0. The van der Waals surface area contributed by atoms with Gasteiger partial charge in [-0.3, -0.25) is 0 Å². The molecule has 0 saturated carbocycles. The first-order valence-electron chi connectivity index (χ1n) is 3.06. The second-order valence-corrected chi connectivity index (χ2v) is 2.01. The van der Waals surface area contributed by atoms with E-state index in [4.69, 9.17) is 0 Å². The van der Waals surface area contributed by atoms with E-state index in [1.54, 1.807) is 18.3 Å². The molecule has 0 aliphatic heterocycles. The number of hydrogen-bond donors (Lipinski definition) is 0. The maximum absolute atomic E-state index is 10.9. The Morgan fingerprint density at radius 2 is 2.27 bits per heavy atom. The van der Waals surface area contributed by atoms with Crippen LogP contribution < -0.4 is 5.63 Å². The first kappa shape index (κ1) is 6.03. The van der Waals surface area contributed by atoms with Crippen molar-refractivity contribution in [2.45, 2.75) is 0 Å². The van der Waals surface area contributed by atoms with Crippen LogP contribution in [0.2, 0.25) is 0 Å². The van der Waals surface area contributed by atoms with E-state index in [9.17, 15) is 4.79 Å². The van der Waals surface area contributed by atoms with Crippen LogP contribution in [0.1, 0.15) is 0 Å². The Kier molecular flexibility index (Phi) is 1.18. The van der Waals surface area contributed by atoms with Crippen LogP contribution in [0, 0.1) is 0 Å². The van der Waals surface area contributed by atoms with Crippen molar-refractivity contribution >= 4 is 11.0 Å². The number of aromatic nitrogens is 2. The molecule has 0 radical (unpaired) electrons. The molecular weight excluding hydrogens is 144 g/mol. The van der Waals surface area contributed by atoms with Crippen LogP contribution in [-0.2, 0) is 0 Å². The van der Waals surface area contributed by atoms with E-state index in [1.807, 2.05) is 0 Å². The number of nitrogens with zero attached hydrogens (tertiary/aromatic N) is 2. The van der Waals surface area contributed by atoms with Crippen LogP contribution >= 0.6 is 0 Å². The Labute approximate surface area is 61.5 Å². The predicted octanol–water partition coefficient (Wildman–Crippen LogP) is 0.583. The largest absolute Gasteiger partial charge is 0.411 e. The fourth-order valence-electron chi connectivity index (χ4n) is 0.847. The normalized spacial score (nSPS) is 10.2. The summed E-state index contributed by atoms with van der Waals surface area (Å²) in [5.41, 5.74) is 0.0202. The highest BCUT2D eigenvalue weighted by atomic mass is 16.4. The molecular formula is C7H4N2O2. The molecule has 0 aromatic carbocycles. The van der Waals surface area contributed by atoms with Gasteiger partial charge in [0.15, 0.2) is 12.0 Å². The minimum Gasteiger partial charge on any atom is -0.411 e. The molecule has 0 amide bonds. The van der Waals surface area contributed by atoms with Gasteiger partial charge in [0, 0.05) is 6.20 Å². The SMILES string of the molecule is O=c1ocnc2ncccc12. The third-order valence-corrected chi connectivity index (χ3v) is 1.34. The van der Waals surface area contributed by atoms with Crippen molar-refractivity contribution in [3.63, 3.8) is 0 Å². The van der Waals surface area contributed by atoms with Crippen molar-refractivity contribution in [2.75, 3.05) is 0 Å². The van der Waals surface area contributed by atoms with Crippen molar-refractivity contribution < 1.29 is 4.42 Å². The summed E-state index contributed by atoms with van der Waals surface area (Å²) >= 11 is 0. The molecule has 0 unspecified atom stereocenters. The molecule has 0 fully saturated rings. The molecule has 0 N–H and O–H groups in total. The minimum atomic E-state index is -0.400. The molecule has 2 aromatic rings.